The fourth-order valence-electron chi connectivity index (χ4n) is 12.6. The predicted molar refractivity (Wildman–Crippen MR) is 304 cm³/mol. The molecule has 24 heteroatoms. The highest BCUT2D eigenvalue weighted by molar-refractivity contribution is 5.91. The zero-order valence-corrected chi connectivity index (χ0v) is 47.3. The molecule has 9 heterocycles. The number of aryl methyl sites for hydroxylation is 4. The number of likely N-dealkylation sites (tertiary alicyclic amines) is 2. The first kappa shape index (κ1) is 55.6. The molecule has 5 amide bonds. The van der Waals surface area contributed by atoms with E-state index in [4.69, 9.17) is 19.6 Å². The number of ether oxygens (including phenoxy) is 2. The van der Waals surface area contributed by atoms with Crippen molar-refractivity contribution in [2.45, 2.75) is 83.7 Å². The number of methoxy groups -OCH3 is 1. The number of aromatic nitrogens is 7. The fourth-order valence-corrected chi connectivity index (χ4v) is 12.6. The van der Waals surface area contributed by atoms with Gasteiger partial charge in [-0.1, -0.05) is 0 Å². The van der Waals surface area contributed by atoms with Gasteiger partial charge in [0.25, 0.3) is 17.9 Å². The van der Waals surface area contributed by atoms with E-state index in [9.17, 15) is 32.8 Å². The summed E-state index contributed by atoms with van der Waals surface area (Å²) in [6.07, 6.45) is 8.45. The molecule has 0 spiro atoms. The Morgan fingerprint density at radius 2 is 1.51 bits per heavy atom. The predicted octanol–water partition coefficient (Wildman–Crippen LogP) is 6.15. The SMILES string of the molecule is CNC(=O)COc1cc2cc(Nc3nc(N4CCC(C(=O)N5CCC(C(=O)N6CCC(n7nc(N8CCCc9cc(-c%10cnn(C)c%10)c(C(F)F)cc98)c8c7CCN(C(=O)NC)C8)CC6)CC5)CC4)ncc3C)cc(OC)c2n(C)c1=O. The average molecular weight is 1130 g/mol. The molecule has 434 valence electrons. The Morgan fingerprint density at radius 3 is 2.17 bits per heavy atom. The normalized spacial score (nSPS) is 17.3. The van der Waals surface area contributed by atoms with Crippen molar-refractivity contribution in [2.75, 3.05) is 95.3 Å². The third-order valence-corrected chi connectivity index (χ3v) is 17.2. The molecule has 4 aromatic heterocycles. The van der Waals surface area contributed by atoms with Crippen molar-refractivity contribution in [3.05, 3.63) is 87.2 Å². The van der Waals surface area contributed by atoms with Crippen LogP contribution < -0.4 is 40.8 Å². The Kier molecular flexibility index (Phi) is 15.8. The van der Waals surface area contributed by atoms with Crippen molar-refractivity contribution in [1.29, 1.82) is 0 Å². The van der Waals surface area contributed by atoms with Gasteiger partial charge in [0.1, 0.15) is 11.6 Å². The number of piperidine rings is 3. The highest BCUT2D eigenvalue weighted by Gasteiger charge is 2.39. The number of fused-ring (bicyclic) bond motifs is 3. The van der Waals surface area contributed by atoms with Crippen LogP contribution in [0.1, 0.15) is 85.4 Å². The van der Waals surface area contributed by atoms with Crippen LogP contribution in [0.5, 0.6) is 11.5 Å². The number of urea groups is 1. The molecule has 0 atom stereocenters. The van der Waals surface area contributed by atoms with Gasteiger partial charge < -0.3 is 54.5 Å². The summed E-state index contributed by atoms with van der Waals surface area (Å²) in [5, 5.41) is 18.9. The van der Waals surface area contributed by atoms with Gasteiger partial charge in [0.2, 0.25) is 17.8 Å². The zero-order chi connectivity index (χ0) is 57.5. The number of benzene rings is 2. The van der Waals surface area contributed by atoms with Crippen molar-refractivity contribution in [1.82, 2.24) is 59.4 Å². The van der Waals surface area contributed by atoms with E-state index in [0.29, 0.717) is 161 Å². The van der Waals surface area contributed by atoms with E-state index < -0.39 is 12.0 Å². The number of hydrogen-bond donors (Lipinski definition) is 3. The van der Waals surface area contributed by atoms with E-state index in [2.05, 4.69) is 40.5 Å². The minimum absolute atomic E-state index is 0.00784. The summed E-state index contributed by atoms with van der Waals surface area (Å²) in [6, 6.07) is 8.56. The Hall–Kier alpha value is -8.31. The quantitative estimate of drug-likeness (QED) is 0.118. The lowest BCUT2D eigenvalue weighted by atomic mass is 9.91. The number of anilines is 5. The second-order valence-corrected chi connectivity index (χ2v) is 22.1. The van der Waals surface area contributed by atoms with E-state index in [1.54, 1.807) is 67.5 Å². The highest BCUT2D eigenvalue weighted by Crippen LogP contribution is 2.44. The number of nitrogens with zero attached hydrogens (tertiary/aromatic N) is 12. The number of pyridine rings is 1. The molecule has 82 heavy (non-hydrogen) atoms. The maximum Gasteiger partial charge on any atom is 0.317 e. The molecular formula is C58H71F2N15O7. The molecule has 3 saturated heterocycles. The molecule has 22 nitrogen and oxygen atoms in total. The van der Waals surface area contributed by atoms with Gasteiger partial charge in [-0.25, -0.2) is 18.6 Å². The number of alkyl halides is 2. The van der Waals surface area contributed by atoms with Crippen LogP contribution >= 0.6 is 0 Å². The molecule has 0 radical (unpaired) electrons. The number of hydrogen-bond acceptors (Lipinski definition) is 14. The second-order valence-electron chi connectivity index (χ2n) is 22.1. The number of nitrogens with one attached hydrogen (secondary N) is 3. The van der Waals surface area contributed by atoms with Gasteiger partial charge in [0.05, 0.1) is 31.4 Å². The van der Waals surface area contributed by atoms with Gasteiger partial charge in [-0.3, -0.25) is 28.5 Å². The van der Waals surface area contributed by atoms with Crippen molar-refractivity contribution in [3.63, 3.8) is 0 Å². The van der Waals surface area contributed by atoms with Crippen LogP contribution in [0.25, 0.3) is 22.0 Å². The Bertz CT molecular complexity index is 3480. The van der Waals surface area contributed by atoms with Gasteiger partial charge >= 0.3 is 6.03 Å². The molecular weight excluding hydrogens is 1060 g/mol. The number of carbonyl (C=O) groups excluding carboxylic acids is 4. The summed E-state index contributed by atoms with van der Waals surface area (Å²) >= 11 is 0. The van der Waals surface area contributed by atoms with Crippen molar-refractivity contribution in [2.24, 2.45) is 25.9 Å². The molecule has 11 rings (SSSR count). The monoisotopic (exact) mass is 1130 g/mol. The lowest BCUT2D eigenvalue weighted by Crippen LogP contribution is -2.49. The summed E-state index contributed by atoms with van der Waals surface area (Å²) in [5.74, 6) is 1.87. The highest BCUT2D eigenvalue weighted by atomic mass is 19.3. The largest absolute Gasteiger partial charge is 0.494 e. The van der Waals surface area contributed by atoms with E-state index in [1.807, 2.05) is 28.9 Å². The van der Waals surface area contributed by atoms with E-state index in [0.717, 1.165) is 35.2 Å². The fraction of sp³-hybridized carbons (Fsp3) is 0.500. The second kappa shape index (κ2) is 23.3. The number of carbonyl (C=O) groups is 4. The first-order valence-corrected chi connectivity index (χ1v) is 28.4. The average Bonchev–Trinajstić information content (AvgIpc) is 4.23. The summed E-state index contributed by atoms with van der Waals surface area (Å²) in [7, 11) is 8.03. The van der Waals surface area contributed by atoms with Crippen LogP contribution in [0.15, 0.2) is 53.7 Å². The third-order valence-electron chi connectivity index (χ3n) is 17.2. The number of rotatable bonds is 13. The van der Waals surface area contributed by atoms with Gasteiger partial charge in [-0.2, -0.15) is 15.2 Å². The first-order chi connectivity index (χ1) is 39.6. The van der Waals surface area contributed by atoms with Crippen molar-refractivity contribution >= 4 is 63.6 Å². The summed E-state index contributed by atoms with van der Waals surface area (Å²) in [4.78, 5) is 85.6. The van der Waals surface area contributed by atoms with E-state index in [1.165, 1.54) is 18.7 Å². The van der Waals surface area contributed by atoms with Gasteiger partial charge in [0, 0.05) is 162 Å². The molecule has 5 aliphatic rings. The van der Waals surface area contributed by atoms with Crippen molar-refractivity contribution < 1.29 is 37.4 Å². The number of halogens is 2. The molecule has 3 fully saturated rings. The van der Waals surface area contributed by atoms with Crippen LogP contribution in [-0.2, 0) is 47.9 Å². The molecule has 3 N–H and O–H groups in total. The van der Waals surface area contributed by atoms with Gasteiger partial charge in [0.15, 0.2) is 18.2 Å². The Morgan fingerprint density at radius 1 is 0.805 bits per heavy atom. The summed E-state index contributed by atoms with van der Waals surface area (Å²) in [6.45, 7) is 6.44. The smallest absolute Gasteiger partial charge is 0.317 e. The topological polar surface area (TPSA) is 222 Å². The first-order valence-electron chi connectivity index (χ1n) is 28.4. The van der Waals surface area contributed by atoms with Crippen LogP contribution in [-0.4, -0.2) is 153 Å². The Balaban J connectivity index is 0.700. The lowest BCUT2D eigenvalue weighted by Gasteiger charge is -2.39. The molecule has 2 aromatic carbocycles. The molecule has 0 unspecified atom stereocenters. The summed E-state index contributed by atoms with van der Waals surface area (Å²) < 4.78 is 46.2. The van der Waals surface area contributed by atoms with Crippen molar-refractivity contribution in [3.8, 4) is 22.6 Å². The van der Waals surface area contributed by atoms with Crippen LogP contribution in [0.3, 0.4) is 0 Å². The van der Waals surface area contributed by atoms with Crippen LogP contribution in [0.2, 0.25) is 0 Å². The van der Waals surface area contributed by atoms with Gasteiger partial charge in [-0.05, 0) is 93.7 Å². The zero-order valence-electron chi connectivity index (χ0n) is 47.3. The number of amides is 5. The minimum atomic E-state index is -2.71. The molecule has 0 saturated carbocycles. The maximum atomic E-state index is 14.9. The molecule has 0 bridgehead atoms. The molecule has 0 aliphatic carbocycles. The van der Waals surface area contributed by atoms with Crippen LogP contribution in [0, 0.1) is 18.8 Å². The lowest BCUT2D eigenvalue weighted by molar-refractivity contribution is -0.143. The molecule has 6 aromatic rings. The van der Waals surface area contributed by atoms with E-state index in [-0.39, 0.29) is 59.6 Å². The maximum absolute atomic E-state index is 14.9. The minimum Gasteiger partial charge on any atom is -0.494 e. The van der Waals surface area contributed by atoms with Crippen LogP contribution in [0.4, 0.5) is 42.5 Å². The third kappa shape index (κ3) is 10.9. The van der Waals surface area contributed by atoms with E-state index >= 15 is 0 Å². The Labute approximate surface area is 473 Å². The molecule has 5 aliphatic heterocycles. The van der Waals surface area contributed by atoms with Gasteiger partial charge in [-0.15, -0.1) is 0 Å². The standard InChI is InChI=1S/C58H71F2N15O7/c1-34-29-63-57(66-52(34)65-40-24-38-26-48(82-33-49(76)61-2)56(79)69(5)50(38)47(27-40)81-6)72-19-11-36(12-20-72)54(77)70-17-9-35(10-18-70)55(78)71-21-13-41(14-22-71)75-45-15-23-73(58(80)62-3)32-44(45)53(67-75)74-16-7-8-37-25-42(39-30-64-68(4)31-39)43(51(59)60)28-46(37)74/h24-31,35-36,41,51H,7-23,32-33H2,1-6H3,(H,61,76)(H,62,80)(H,63,65,66). The summed E-state index contributed by atoms with van der Waals surface area (Å²) in [5.41, 5.74) is 6.30. The number of likely N-dealkylation sites (N-methyl/N-ethyl adjacent to an activating group) is 1.